The average Bonchev–Trinajstić information content (AvgIpc) is 3.30. The maximum absolute atomic E-state index is 13.3. The van der Waals surface area contributed by atoms with Crippen LogP contribution in [0.3, 0.4) is 0 Å². The van der Waals surface area contributed by atoms with Gasteiger partial charge in [0.2, 0.25) is 5.91 Å². The highest BCUT2D eigenvalue weighted by atomic mass is 16.7. The zero-order valence-electron chi connectivity index (χ0n) is 40.8. The third kappa shape index (κ3) is 31.7. The normalized spacial score (nSPS) is 20.9. The summed E-state index contributed by atoms with van der Waals surface area (Å²) in [5.74, 6) is -1.28. The van der Waals surface area contributed by atoms with Gasteiger partial charge in [0.1, 0.15) is 24.4 Å². The summed E-state index contributed by atoms with van der Waals surface area (Å²) >= 11 is 0. The van der Waals surface area contributed by atoms with Crippen LogP contribution in [0.15, 0.2) is 72.9 Å². The molecule has 0 radical (unpaired) electrons. The van der Waals surface area contributed by atoms with E-state index in [0.29, 0.717) is 12.8 Å². The van der Waals surface area contributed by atoms with Crippen LogP contribution in [0, 0.1) is 0 Å². The summed E-state index contributed by atoms with van der Waals surface area (Å²) < 4.78 is 17.5. The van der Waals surface area contributed by atoms with Crippen LogP contribution in [-0.2, 0) is 23.8 Å². The number of aliphatic hydroxyl groups excluding tert-OH is 5. The number of esters is 1. The van der Waals surface area contributed by atoms with E-state index in [-0.39, 0.29) is 19.4 Å². The summed E-state index contributed by atoms with van der Waals surface area (Å²) in [6.07, 6.45) is 41.2. The molecule has 0 saturated carbocycles. The van der Waals surface area contributed by atoms with Gasteiger partial charge in [-0.25, -0.2) is 0 Å². The number of rotatable bonds is 41. The van der Waals surface area contributed by atoms with Crippen LogP contribution in [0.2, 0.25) is 0 Å². The molecule has 0 aromatic rings. The summed E-state index contributed by atoms with van der Waals surface area (Å²) in [6, 6.07) is -1.06. The van der Waals surface area contributed by atoms with Gasteiger partial charge in [-0.05, 0) is 38.5 Å². The van der Waals surface area contributed by atoms with Gasteiger partial charge in [-0.15, -0.1) is 0 Å². The Labute approximate surface area is 394 Å². The van der Waals surface area contributed by atoms with Gasteiger partial charge in [-0.3, -0.25) is 9.59 Å². The van der Waals surface area contributed by atoms with E-state index in [4.69, 9.17) is 14.2 Å². The first kappa shape index (κ1) is 60.1. The molecule has 8 atom stereocenters. The maximum atomic E-state index is 13.3. The number of hydrogen-bond donors (Lipinski definition) is 6. The number of amides is 1. The molecule has 11 nitrogen and oxygen atoms in total. The van der Waals surface area contributed by atoms with Crippen LogP contribution < -0.4 is 5.32 Å². The molecule has 1 rings (SSSR count). The Kier molecular flexibility index (Phi) is 39.3. The molecule has 11 heteroatoms. The minimum atomic E-state index is -1.62. The van der Waals surface area contributed by atoms with Gasteiger partial charge in [-0.1, -0.05) is 222 Å². The Morgan fingerprint density at radius 1 is 0.615 bits per heavy atom. The highest BCUT2D eigenvalue weighted by Gasteiger charge is 2.47. The molecule has 374 valence electrons. The lowest BCUT2D eigenvalue weighted by Gasteiger charge is -2.41. The topological polar surface area (TPSA) is 175 Å². The Bertz CT molecular complexity index is 1330. The highest BCUT2D eigenvalue weighted by Crippen LogP contribution is 2.26. The second kappa shape index (κ2) is 42.5. The van der Waals surface area contributed by atoms with Crippen molar-refractivity contribution in [1.29, 1.82) is 0 Å². The van der Waals surface area contributed by atoms with Gasteiger partial charge >= 0.3 is 5.97 Å². The van der Waals surface area contributed by atoms with Crippen LogP contribution in [0.4, 0.5) is 0 Å². The van der Waals surface area contributed by atoms with Gasteiger partial charge in [0.25, 0.3) is 0 Å². The van der Waals surface area contributed by atoms with E-state index in [9.17, 15) is 35.1 Å². The number of ether oxygens (including phenoxy) is 3. The first-order valence-electron chi connectivity index (χ1n) is 25.8. The Morgan fingerprint density at radius 2 is 1.11 bits per heavy atom. The van der Waals surface area contributed by atoms with Gasteiger partial charge in [-0.2, -0.15) is 0 Å². The second-order valence-electron chi connectivity index (χ2n) is 17.7. The van der Waals surface area contributed by atoms with E-state index in [0.717, 1.165) is 51.4 Å². The van der Waals surface area contributed by atoms with Crippen molar-refractivity contribution in [2.45, 2.75) is 243 Å². The van der Waals surface area contributed by atoms with E-state index in [1.807, 2.05) is 60.8 Å². The first-order chi connectivity index (χ1) is 31.7. The number of carbonyl (C=O) groups excluding carboxylic acids is 2. The number of nitrogens with one attached hydrogen (secondary N) is 1. The fourth-order valence-electron chi connectivity index (χ4n) is 7.62. The number of unbranched alkanes of at least 4 members (excludes halogenated alkanes) is 21. The van der Waals surface area contributed by atoms with Gasteiger partial charge in [0, 0.05) is 6.42 Å². The van der Waals surface area contributed by atoms with Crippen LogP contribution in [-0.4, -0.2) is 99.6 Å². The molecule has 8 unspecified atom stereocenters. The van der Waals surface area contributed by atoms with Crippen molar-refractivity contribution in [3.63, 3.8) is 0 Å². The minimum absolute atomic E-state index is 0.115. The van der Waals surface area contributed by atoms with Crippen molar-refractivity contribution in [3.8, 4) is 0 Å². The molecule has 1 saturated heterocycles. The highest BCUT2D eigenvalue weighted by molar-refractivity contribution is 5.80. The van der Waals surface area contributed by atoms with E-state index in [1.54, 1.807) is 6.08 Å². The predicted octanol–water partition coefficient (Wildman–Crippen LogP) is 10.5. The molecule has 0 bridgehead atoms. The molecule has 0 spiro atoms. The van der Waals surface area contributed by atoms with Crippen LogP contribution in [0.25, 0.3) is 0 Å². The molecule has 65 heavy (non-hydrogen) atoms. The van der Waals surface area contributed by atoms with E-state index < -0.39 is 67.4 Å². The number of aliphatic hydroxyl groups is 5. The molecular formula is C54H93NO10. The van der Waals surface area contributed by atoms with E-state index >= 15 is 0 Å². The standard InChI is InChI=1S/C54H93NO10/c1-4-7-10-13-16-19-22-24-27-30-33-36-39-42-49(59)65-52-51(61)50(60)48(43-56)64-54(52)63-44-45(46(57)40-37-34-31-28-25-21-18-15-12-9-6-3)55-53(62)47(58)41-38-35-32-29-26-23-20-17-14-11-8-5-2/h8,11,14,17,20,23,26,29,32,35,37,40,45-48,50-52,54,56-58,60-61H,4-7,9-10,12-13,15-16,18-19,21-22,24-25,27-28,30-31,33-34,36,38-39,41-44H2,1-3H3,(H,55,62)/b11-8+,17-14+,23-20-,29-26-,35-32+,40-37+. The molecule has 0 aliphatic carbocycles. The Balaban J connectivity index is 2.84. The van der Waals surface area contributed by atoms with Gasteiger partial charge in [0.05, 0.1) is 25.4 Å². The molecule has 1 aliphatic rings. The molecule has 1 heterocycles. The lowest BCUT2D eigenvalue weighted by Crippen LogP contribution is -2.61. The summed E-state index contributed by atoms with van der Waals surface area (Å²) in [4.78, 5) is 26.3. The summed E-state index contributed by atoms with van der Waals surface area (Å²) in [7, 11) is 0. The second-order valence-corrected chi connectivity index (χ2v) is 17.7. The van der Waals surface area contributed by atoms with Crippen LogP contribution in [0.5, 0.6) is 0 Å². The van der Waals surface area contributed by atoms with Crippen molar-refractivity contribution in [2.24, 2.45) is 0 Å². The van der Waals surface area contributed by atoms with Crippen LogP contribution in [0.1, 0.15) is 194 Å². The molecule has 1 amide bonds. The largest absolute Gasteiger partial charge is 0.454 e. The molecule has 6 N–H and O–H groups in total. The summed E-state index contributed by atoms with van der Waals surface area (Å²) in [6.45, 7) is 5.54. The Morgan fingerprint density at radius 3 is 1.63 bits per heavy atom. The smallest absolute Gasteiger partial charge is 0.306 e. The number of allylic oxidation sites excluding steroid dienone is 11. The fourth-order valence-corrected chi connectivity index (χ4v) is 7.62. The predicted molar refractivity (Wildman–Crippen MR) is 264 cm³/mol. The van der Waals surface area contributed by atoms with Crippen molar-refractivity contribution in [2.75, 3.05) is 13.2 Å². The quantitative estimate of drug-likeness (QED) is 0.0150. The summed E-state index contributed by atoms with van der Waals surface area (Å²) in [5.41, 5.74) is 0. The van der Waals surface area contributed by atoms with Crippen molar-refractivity contribution in [1.82, 2.24) is 5.32 Å². The number of carbonyl (C=O) groups is 2. The number of hydrogen-bond acceptors (Lipinski definition) is 10. The van der Waals surface area contributed by atoms with Crippen molar-refractivity contribution >= 4 is 11.9 Å². The summed E-state index contributed by atoms with van der Waals surface area (Å²) in [5, 5.41) is 56.4. The van der Waals surface area contributed by atoms with Crippen molar-refractivity contribution < 1.29 is 49.3 Å². The minimum Gasteiger partial charge on any atom is -0.454 e. The third-order valence-corrected chi connectivity index (χ3v) is 11.8. The molecular weight excluding hydrogens is 823 g/mol. The fraction of sp³-hybridized carbons (Fsp3) is 0.741. The van der Waals surface area contributed by atoms with Crippen molar-refractivity contribution in [3.05, 3.63) is 72.9 Å². The first-order valence-corrected chi connectivity index (χ1v) is 25.8. The zero-order valence-corrected chi connectivity index (χ0v) is 40.8. The van der Waals surface area contributed by atoms with Gasteiger partial charge < -0.3 is 45.1 Å². The average molecular weight is 916 g/mol. The third-order valence-electron chi connectivity index (χ3n) is 11.8. The van der Waals surface area contributed by atoms with E-state index in [1.165, 1.54) is 96.3 Å². The molecule has 0 aromatic carbocycles. The molecule has 0 aromatic heterocycles. The lowest BCUT2D eigenvalue weighted by molar-refractivity contribution is -0.305. The van der Waals surface area contributed by atoms with E-state index in [2.05, 4.69) is 32.2 Å². The lowest BCUT2D eigenvalue weighted by atomic mass is 9.99. The van der Waals surface area contributed by atoms with Crippen LogP contribution >= 0.6 is 0 Å². The molecule has 1 fully saturated rings. The monoisotopic (exact) mass is 916 g/mol. The zero-order chi connectivity index (χ0) is 47.6. The Hall–Kier alpha value is -2.90. The molecule has 1 aliphatic heterocycles. The van der Waals surface area contributed by atoms with Gasteiger partial charge in [0.15, 0.2) is 12.4 Å². The maximum Gasteiger partial charge on any atom is 0.306 e. The SMILES string of the molecule is CC/C=C/C=C/C=C\C=C/C=C/CCC(O)C(=O)NC(COC1OC(CO)C(O)C(O)C1OC(=O)CCCCCCCCCCCCCCC)C(O)/C=C/CCCCCCCCCCC.